The van der Waals surface area contributed by atoms with Crippen molar-refractivity contribution >= 4 is 39.1 Å². The average Bonchev–Trinajstić information content (AvgIpc) is 3.12. The molecule has 35 heavy (non-hydrogen) atoms. The van der Waals surface area contributed by atoms with Crippen molar-refractivity contribution in [3.63, 3.8) is 0 Å². The molecule has 1 aliphatic rings. The fourth-order valence-electron chi connectivity index (χ4n) is 3.79. The largest absolute Gasteiger partial charge is 0.326 e. The summed E-state index contributed by atoms with van der Waals surface area (Å²) < 4.78 is 41.7. The van der Waals surface area contributed by atoms with Crippen LogP contribution in [0.3, 0.4) is 0 Å². The number of hydrogen-bond donors (Lipinski definition) is 1. The van der Waals surface area contributed by atoms with Crippen LogP contribution >= 0.6 is 0 Å². The zero-order valence-corrected chi connectivity index (χ0v) is 19.4. The molecule has 11 heteroatoms. The van der Waals surface area contributed by atoms with E-state index in [1.807, 2.05) is 0 Å². The molecule has 0 bridgehead atoms. The van der Waals surface area contributed by atoms with Crippen molar-refractivity contribution in [3.05, 3.63) is 84.4 Å². The minimum atomic E-state index is -4.26. The molecule has 3 aromatic rings. The summed E-state index contributed by atoms with van der Waals surface area (Å²) in [6.45, 7) is 1.13. The van der Waals surface area contributed by atoms with Gasteiger partial charge in [-0.25, -0.2) is 17.7 Å². The molecule has 4 rings (SSSR count). The third kappa shape index (κ3) is 5.10. The first-order chi connectivity index (χ1) is 16.7. The monoisotopic (exact) mass is 496 g/mol. The number of nitrogens with one attached hydrogen (secondary N) is 1. The van der Waals surface area contributed by atoms with E-state index in [-0.39, 0.29) is 29.5 Å². The fraction of sp³-hybridized carbons (Fsp3) is 0.167. The van der Waals surface area contributed by atoms with Gasteiger partial charge < -0.3 is 5.32 Å². The third-order valence-electron chi connectivity index (χ3n) is 5.40. The van der Waals surface area contributed by atoms with Gasteiger partial charge in [0.15, 0.2) is 0 Å². The highest BCUT2D eigenvalue weighted by atomic mass is 32.2. The number of nitrogens with zero attached hydrogens (tertiary/aromatic N) is 3. The quantitative estimate of drug-likeness (QED) is 0.503. The second kappa shape index (κ2) is 9.72. The average molecular weight is 497 g/mol. The predicted octanol–water partition coefficient (Wildman–Crippen LogP) is 2.70. The van der Waals surface area contributed by atoms with Crippen LogP contribution in [0.25, 0.3) is 0 Å². The summed E-state index contributed by atoms with van der Waals surface area (Å²) in [5, 5.41) is 2.56. The van der Waals surface area contributed by atoms with Crippen LogP contribution in [0.15, 0.2) is 78.0 Å². The van der Waals surface area contributed by atoms with Crippen molar-refractivity contribution in [1.29, 1.82) is 0 Å². The first-order valence-electron chi connectivity index (χ1n) is 10.6. The summed E-state index contributed by atoms with van der Waals surface area (Å²) in [5.74, 6) is -2.18. The van der Waals surface area contributed by atoms with Gasteiger partial charge in [-0.15, -0.1) is 0 Å². The Balaban J connectivity index is 1.71. The van der Waals surface area contributed by atoms with E-state index >= 15 is 0 Å². The number of carbonyl (C=O) groups is 3. The van der Waals surface area contributed by atoms with E-state index in [4.69, 9.17) is 0 Å². The maximum absolute atomic E-state index is 13.7. The van der Waals surface area contributed by atoms with E-state index in [0.29, 0.717) is 11.3 Å². The number of benzene rings is 2. The van der Waals surface area contributed by atoms with Gasteiger partial charge in [0, 0.05) is 31.5 Å². The van der Waals surface area contributed by atoms with E-state index in [1.165, 1.54) is 55.7 Å². The molecule has 0 aliphatic carbocycles. The smallest absolute Gasteiger partial charge is 0.252 e. The molecular weight excluding hydrogens is 475 g/mol. The van der Waals surface area contributed by atoms with Crippen LogP contribution in [0.5, 0.6) is 0 Å². The van der Waals surface area contributed by atoms with E-state index in [9.17, 15) is 27.2 Å². The van der Waals surface area contributed by atoms with E-state index in [1.54, 1.807) is 12.1 Å². The van der Waals surface area contributed by atoms with Crippen molar-refractivity contribution in [2.45, 2.75) is 30.8 Å². The number of imide groups is 1. The van der Waals surface area contributed by atoms with Crippen LogP contribution < -0.4 is 10.2 Å². The Bertz CT molecular complexity index is 1360. The molecule has 0 spiro atoms. The Morgan fingerprint density at radius 1 is 1.11 bits per heavy atom. The second-order valence-electron chi connectivity index (χ2n) is 7.88. The van der Waals surface area contributed by atoms with Gasteiger partial charge in [-0.3, -0.25) is 19.4 Å². The van der Waals surface area contributed by atoms with E-state index < -0.39 is 33.7 Å². The number of sulfonamides is 1. The number of halogens is 1. The Morgan fingerprint density at radius 3 is 2.40 bits per heavy atom. The highest BCUT2D eigenvalue weighted by Gasteiger charge is 2.47. The molecule has 0 saturated carbocycles. The summed E-state index contributed by atoms with van der Waals surface area (Å²) in [4.78, 5) is 42.1. The van der Waals surface area contributed by atoms with Crippen molar-refractivity contribution in [3.8, 4) is 0 Å². The zero-order valence-electron chi connectivity index (χ0n) is 18.6. The van der Waals surface area contributed by atoms with Crippen LogP contribution in [0.4, 0.5) is 15.8 Å². The minimum absolute atomic E-state index is 0.115. The lowest BCUT2D eigenvalue weighted by atomic mass is 10.2. The number of carbonyl (C=O) groups excluding carboxylic acids is 3. The Hall–Kier alpha value is -3.96. The SMILES string of the molecule is CC(=O)Nc1ccc(S(=O)(=O)N(Cc2cccnc2)C2CC(=O)N(c3ccc(F)cc3)C2=O)cc1. The minimum Gasteiger partial charge on any atom is -0.326 e. The van der Waals surface area contributed by atoms with Crippen molar-refractivity contribution < 1.29 is 27.2 Å². The van der Waals surface area contributed by atoms with Gasteiger partial charge in [0.1, 0.15) is 11.9 Å². The number of aromatic nitrogens is 1. The Morgan fingerprint density at radius 2 is 1.80 bits per heavy atom. The topological polar surface area (TPSA) is 117 Å². The summed E-state index contributed by atoms with van der Waals surface area (Å²) >= 11 is 0. The van der Waals surface area contributed by atoms with Crippen LogP contribution in [0, 0.1) is 5.82 Å². The van der Waals surface area contributed by atoms with Crippen LogP contribution in [0.1, 0.15) is 18.9 Å². The molecule has 180 valence electrons. The standard InChI is InChI=1S/C24H21FN4O5S/c1-16(30)27-19-6-10-21(11-7-19)35(33,34)28(15-17-3-2-12-26-14-17)22-13-23(31)29(24(22)32)20-8-4-18(25)5-9-20/h2-12,14,22H,13,15H2,1H3,(H,27,30). The molecule has 2 aromatic carbocycles. The van der Waals surface area contributed by atoms with Gasteiger partial charge in [-0.2, -0.15) is 4.31 Å². The molecule has 2 heterocycles. The molecule has 1 aliphatic heterocycles. The molecule has 0 radical (unpaired) electrons. The molecule has 1 N–H and O–H groups in total. The number of anilines is 2. The summed E-state index contributed by atoms with van der Waals surface area (Å²) in [7, 11) is -4.26. The van der Waals surface area contributed by atoms with Gasteiger partial charge >= 0.3 is 0 Å². The molecule has 9 nitrogen and oxygen atoms in total. The van der Waals surface area contributed by atoms with E-state index in [0.717, 1.165) is 21.3 Å². The highest BCUT2D eigenvalue weighted by Crippen LogP contribution is 2.31. The molecule has 1 saturated heterocycles. The number of rotatable bonds is 7. The summed E-state index contributed by atoms with van der Waals surface area (Å²) in [5.41, 5.74) is 1.08. The van der Waals surface area contributed by atoms with Gasteiger partial charge in [0.25, 0.3) is 5.91 Å². The third-order valence-corrected chi connectivity index (χ3v) is 7.27. The van der Waals surface area contributed by atoms with Gasteiger partial charge in [0.05, 0.1) is 17.0 Å². The predicted molar refractivity (Wildman–Crippen MR) is 125 cm³/mol. The van der Waals surface area contributed by atoms with Crippen LogP contribution in [-0.4, -0.2) is 41.5 Å². The highest BCUT2D eigenvalue weighted by molar-refractivity contribution is 7.89. The lowest BCUT2D eigenvalue weighted by molar-refractivity contribution is -0.122. The molecular formula is C24H21FN4O5S. The summed E-state index contributed by atoms with van der Waals surface area (Å²) in [6.07, 6.45) is 2.63. The maximum Gasteiger partial charge on any atom is 0.252 e. The lowest BCUT2D eigenvalue weighted by Crippen LogP contribution is -2.45. The molecule has 3 amide bonds. The first-order valence-corrected chi connectivity index (χ1v) is 12.0. The van der Waals surface area contributed by atoms with Crippen molar-refractivity contribution in [1.82, 2.24) is 9.29 Å². The number of pyridine rings is 1. The van der Waals surface area contributed by atoms with Gasteiger partial charge in [0.2, 0.25) is 21.8 Å². The zero-order chi connectivity index (χ0) is 25.2. The number of hydrogen-bond acceptors (Lipinski definition) is 6. The van der Waals surface area contributed by atoms with Crippen molar-refractivity contribution in [2.75, 3.05) is 10.2 Å². The normalized spacial score (nSPS) is 16.1. The van der Waals surface area contributed by atoms with Gasteiger partial charge in [-0.1, -0.05) is 6.07 Å². The fourth-order valence-corrected chi connectivity index (χ4v) is 5.36. The second-order valence-corrected chi connectivity index (χ2v) is 9.77. The van der Waals surface area contributed by atoms with Crippen LogP contribution in [0.2, 0.25) is 0 Å². The maximum atomic E-state index is 13.7. The molecule has 1 atom stereocenters. The Labute approximate surface area is 201 Å². The number of amides is 3. The summed E-state index contributed by atoms with van der Waals surface area (Å²) in [6, 6.07) is 12.3. The molecule has 1 aromatic heterocycles. The van der Waals surface area contributed by atoms with Crippen molar-refractivity contribution in [2.24, 2.45) is 0 Å². The van der Waals surface area contributed by atoms with Gasteiger partial charge in [-0.05, 0) is 60.2 Å². The molecule has 1 fully saturated rings. The molecule has 1 unspecified atom stereocenters. The lowest BCUT2D eigenvalue weighted by Gasteiger charge is -2.27. The first kappa shape index (κ1) is 24.2. The van der Waals surface area contributed by atoms with Crippen LogP contribution in [-0.2, 0) is 31.0 Å². The Kier molecular flexibility index (Phi) is 6.72. The van der Waals surface area contributed by atoms with E-state index in [2.05, 4.69) is 10.3 Å².